The lowest BCUT2D eigenvalue weighted by Crippen LogP contribution is -2.43. The molecule has 7 nitrogen and oxygen atoms in total. The average Bonchev–Trinajstić information content (AvgIpc) is 2.54. The molecule has 0 saturated heterocycles. The maximum Gasteiger partial charge on any atom is 0.330 e. The zero-order valence-electron chi connectivity index (χ0n) is 14.4. The molecule has 9 heteroatoms. The van der Waals surface area contributed by atoms with Crippen LogP contribution in [0.1, 0.15) is 19.4 Å². The molecule has 0 fully saturated rings. The zero-order valence-corrected chi connectivity index (χ0v) is 15.2. The van der Waals surface area contributed by atoms with Gasteiger partial charge in [-0.25, -0.2) is 22.3 Å². The summed E-state index contributed by atoms with van der Waals surface area (Å²) >= 11 is 0. The predicted octanol–water partition coefficient (Wildman–Crippen LogP) is 0.479. The summed E-state index contributed by atoms with van der Waals surface area (Å²) < 4.78 is 43.0. The number of rotatable bonds is 5. The molecule has 0 aliphatic carbocycles. The molecule has 1 aromatic heterocycles. The van der Waals surface area contributed by atoms with Crippen molar-refractivity contribution in [2.24, 2.45) is 14.1 Å². The van der Waals surface area contributed by atoms with Crippen molar-refractivity contribution >= 4 is 10.0 Å². The number of hydrogen-bond acceptors (Lipinski definition) is 4. The SMILES string of the molecule is Cn1cc(S(=O)(=O)NCC(C)(C)c2ccccc2F)c(=O)n(C)c1=O. The molecule has 0 radical (unpaired) electrons. The van der Waals surface area contributed by atoms with Crippen LogP contribution in [-0.4, -0.2) is 24.1 Å². The van der Waals surface area contributed by atoms with E-state index in [2.05, 4.69) is 4.72 Å². The maximum atomic E-state index is 14.0. The summed E-state index contributed by atoms with van der Waals surface area (Å²) in [7, 11) is -1.62. The third-order valence-electron chi connectivity index (χ3n) is 4.01. The van der Waals surface area contributed by atoms with Crippen molar-refractivity contribution < 1.29 is 12.8 Å². The van der Waals surface area contributed by atoms with E-state index in [1.54, 1.807) is 32.0 Å². The Morgan fingerprint density at radius 2 is 1.76 bits per heavy atom. The van der Waals surface area contributed by atoms with E-state index in [1.807, 2.05) is 0 Å². The van der Waals surface area contributed by atoms with Crippen LogP contribution in [0, 0.1) is 5.82 Å². The molecule has 0 amide bonds. The minimum absolute atomic E-state index is 0.123. The van der Waals surface area contributed by atoms with Crippen molar-refractivity contribution in [3.8, 4) is 0 Å². The van der Waals surface area contributed by atoms with Gasteiger partial charge in [-0.15, -0.1) is 0 Å². The molecule has 2 aromatic rings. The molecule has 0 spiro atoms. The number of nitrogens with zero attached hydrogens (tertiary/aromatic N) is 2. The van der Waals surface area contributed by atoms with Crippen molar-refractivity contribution in [2.45, 2.75) is 24.2 Å². The number of hydrogen-bond donors (Lipinski definition) is 1. The molecule has 25 heavy (non-hydrogen) atoms. The van der Waals surface area contributed by atoms with Crippen LogP contribution in [0.3, 0.4) is 0 Å². The predicted molar refractivity (Wildman–Crippen MR) is 91.5 cm³/mol. The number of aryl methyl sites for hydroxylation is 1. The first-order valence-electron chi connectivity index (χ1n) is 7.49. The number of nitrogens with one attached hydrogen (secondary N) is 1. The van der Waals surface area contributed by atoms with E-state index in [4.69, 9.17) is 0 Å². The number of halogens is 1. The van der Waals surface area contributed by atoms with Gasteiger partial charge in [0.1, 0.15) is 5.82 Å². The topological polar surface area (TPSA) is 90.2 Å². The highest BCUT2D eigenvalue weighted by Gasteiger charge is 2.28. The summed E-state index contributed by atoms with van der Waals surface area (Å²) in [4.78, 5) is 23.2. The fraction of sp³-hybridized carbons (Fsp3) is 0.375. The molecule has 0 aliphatic heterocycles. The van der Waals surface area contributed by atoms with Crippen LogP contribution in [0.15, 0.2) is 44.9 Å². The van der Waals surface area contributed by atoms with Crippen LogP contribution >= 0.6 is 0 Å². The Labute approximate surface area is 144 Å². The Morgan fingerprint density at radius 3 is 2.36 bits per heavy atom. The lowest BCUT2D eigenvalue weighted by molar-refractivity contribution is 0.470. The minimum atomic E-state index is -4.17. The van der Waals surface area contributed by atoms with Gasteiger partial charge in [-0.1, -0.05) is 32.0 Å². The molecule has 0 saturated carbocycles. The van der Waals surface area contributed by atoms with Crippen molar-refractivity contribution in [1.82, 2.24) is 13.9 Å². The molecule has 136 valence electrons. The van der Waals surface area contributed by atoms with E-state index in [0.717, 1.165) is 15.3 Å². The van der Waals surface area contributed by atoms with Crippen LogP contribution in [-0.2, 0) is 29.5 Å². The van der Waals surface area contributed by atoms with Gasteiger partial charge in [-0.2, -0.15) is 0 Å². The van der Waals surface area contributed by atoms with E-state index < -0.39 is 37.4 Å². The molecule has 2 rings (SSSR count). The van der Waals surface area contributed by atoms with Gasteiger partial charge in [0.15, 0.2) is 4.90 Å². The first-order valence-corrected chi connectivity index (χ1v) is 8.97. The van der Waals surface area contributed by atoms with Crippen molar-refractivity contribution in [2.75, 3.05) is 6.54 Å². The van der Waals surface area contributed by atoms with E-state index in [-0.39, 0.29) is 6.54 Å². The van der Waals surface area contributed by atoms with E-state index in [9.17, 15) is 22.4 Å². The monoisotopic (exact) mass is 369 g/mol. The Morgan fingerprint density at radius 1 is 1.16 bits per heavy atom. The van der Waals surface area contributed by atoms with Gasteiger partial charge in [-0.05, 0) is 11.6 Å². The van der Waals surface area contributed by atoms with Crippen molar-refractivity contribution in [3.05, 3.63) is 62.7 Å². The van der Waals surface area contributed by atoms with Crippen LogP contribution in [0.4, 0.5) is 4.39 Å². The number of aromatic nitrogens is 2. The molecule has 0 bridgehead atoms. The van der Waals surface area contributed by atoms with Gasteiger partial charge in [-0.3, -0.25) is 9.36 Å². The van der Waals surface area contributed by atoms with Crippen LogP contribution in [0.5, 0.6) is 0 Å². The highest BCUT2D eigenvalue weighted by Crippen LogP contribution is 2.25. The summed E-state index contributed by atoms with van der Waals surface area (Å²) in [6, 6.07) is 6.09. The minimum Gasteiger partial charge on any atom is -0.302 e. The molecular formula is C16H20FN3O4S. The Kier molecular flexibility index (Phi) is 5.01. The molecule has 0 aliphatic rings. The highest BCUT2D eigenvalue weighted by molar-refractivity contribution is 7.89. The zero-order chi connectivity index (χ0) is 19.0. The highest BCUT2D eigenvalue weighted by atomic mass is 32.2. The van der Waals surface area contributed by atoms with Gasteiger partial charge in [0.2, 0.25) is 10.0 Å². The maximum absolute atomic E-state index is 14.0. The van der Waals surface area contributed by atoms with Gasteiger partial charge in [0, 0.05) is 32.3 Å². The summed E-state index contributed by atoms with van der Waals surface area (Å²) in [6.07, 6.45) is 0.975. The summed E-state index contributed by atoms with van der Waals surface area (Å²) in [5.74, 6) is -0.440. The molecule has 1 aromatic carbocycles. The normalized spacial score (nSPS) is 12.4. The fourth-order valence-electron chi connectivity index (χ4n) is 2.42. The first kappa shape index (κ1) is 19.1. The molecule has 0 atom stereocenters. The van der Waals surface area contributed by atoms with Gasteiger partial charge < -0.3 is 4.57 Å². The van der Waals surface area contributed by atoms with Crippen LogP contribution in [0.25, 0.3) is 0 Å². The lowest BCUT2D eigenvalue weighted by atomic mass is 9.84. The average molecular weight is 369 g/mol. The van der Waals surface area contributed by atoms with E-state index in [0.29, 0.717) is 5.56 Å². The molecule has 1 N–H and O–H groups in total. The van der Waals surface area contributed by atoms with Crippen LogP contribution < -0.4 is 16.0 Å². The largest absolute Gasteiger partial charge is 0.330 e. The second kappa shape index (κ2) is 6.57. The number of benzene rings is 1. The van der Waals surface area contributed by atoms with E-state index in [1.165, 1.54) is 20.2 Å². The smallest absolute Gasteiger partial charge is 0.302 e. The fourth-order valence-corrected chi connectivity index (χ4v) is 3.79. The lowest BCUT2D eigenvalue weighted by Gasteiger charge is -2.26. The molecular weight excluding hydrogens is 349 g/mol. The Balaban J connectivity index is 2.36. The van der Waals surface area contributed by atoms with Gasteiger partial charge >= 0.3 is 5.69 Å². The van der Waals surface area contributed by atoms with Crippen LogP contribution in [0.2, 0.25) is 0 Å². The van der Waals surface area contributed by atoms with Gasteiger partial charge in [0.05, 0.1) is 0 Å². The second-order valence-corrected chi connectivity index (χ2v) is 8.17. The van der Waals surface area contributed by atoms with Crippen molar-refractivity contribution in [3.63, 3.8) is 0 Å². The summed E-state index contributed by atoms with van der Waals surface area (Å²) in [5.41, 5.74) is -2.04. The Bertz CT molecular complexity index is 1020. The summed E-state index contributed by atoms with van der Waals surface area (Å²) in [5, 5.41) is 0. The molecule has 1 heterocycles. The van der Waals surface area contributed by atoms with E-state index >= 15 is 0 Å². The second-order valence-electron chi connectivity index (χ2n) is 6.44. The first-order chi connectivity index (χ1) is 11.5. The van der Waals surface area contributed by atoms with Gasteiger partial charge in [0.25, 0.3) is 5.56 Å². The third kappa shape index (κ3) is 3.72. The number of sulfonamides is 1. The third-order valence-corrected chi connectivity index (χ3v) is 5.40. The summed E-state index contributed by atoms with van der Waals surface area (Å²) in [6.45, 7) is 3.25. The molecule has 0 unspecified atom stereocenters. The van der Waals surface area contributed by atoms with Crippen molar-refractivity contribution in [1.29, 1.82) is 0 Å². The standard InChI is InChI=1S/C16H20FN3O4S/c1-16(2,11-7-5-6-8-12(11)17)10-18-25(23,24)13-9-19(3)15(22)20(4)14(13)21/h5-9,18H,10H2,1-4H3. The Hall–Kier alpha value is -2.26. The quantitative estimate of drug-likeness (QED) is 0.830.